The summed E-state index contributed by atoms with van der Waals surface area (Å²) >= 11 is 0. The molecule has 1 fully saturated rings. The zero-order valence-corrected chi connectivity index (χ0v) is 13.1. The molecule has 0 spiro atoms. The number of hydrogen-bond donors (Lipinski definition) is 2. The fourth-order valence-corrected chi connectivity index (χ4v) is 2.75. The molecule has 5 nitrogen and oxygen atoms in total. The van der Waals surface area contributed by atoms with Crippen molar-refractivity contribution in [2.45, 2.75) is 32.7 Å². The van der Waals surface area contributed by atoms with Gasteiger partial charge in [-0.1, -0.05) is 13.0 Å². The minimum absolute atomic E-state index is 0.127. The Morgan fingerprint density at radius 2 is 2.33 bits per heavy atom. The number of nitrogens with zero attached hydrogens (tertiary/aromatic N) is 2. The van der Waals surface area contributed by atoms with Gasteiger partial charge >= 0.3 is 0 Å². The Hall–Kier alpha value is -1.62. The van der Waals surface area contributed by atoms with Crippen LogP contribution in [0.2, 0.25) is 0 Å². The maximum absolute atomic E-state index is 11.8. The van der Waals surface area contributed by atoms with Gasteiger partial charge in [0.2, 0.25) is 5.91 Å². The molecule has 116 valence electrons. The molecule has 0 aromatic carbocycles. The number of pyridine rings is 1. The van der Waals surface area contributed by atoms with E-state index in [2.05, 4.69) is 33.5 Å². The molecule has 1 aromatic rings. The number of hydrogen-bond acceptors (Lipinski definition) is 4. The van der Waals surface area contributed by atoms with E-state index in [1.54, 1.807) is 7.05 Å². The van der Waals surface area contributed by atoms with Crippen LogP contribution in [0.15, 0.2) is 18.3 Å². The fourth-order valence-electron chi connectivity index (χ4n) is 2.75. The van der Waals surface area contributed by atoms with Gasteiger partial charge in [0.15, 0.2) is 0 Å². The molecular formula is C16H26N4O. The number of amides is 1. The van der Waals surface area contributed by atoms with Gasteiger partial charge in [-0.05, 0) is 37.4 Å². The SMILES string of the molecule is CCCNc1ccc(CN2CCCC(C(=O)NC)C2)cn1. The molecule has 1 amide bonds. The largest absolute Gasteiger partial charge is 0.370 e. The van der Waals surface area contributed by atoms with Gasteiger partial charge in [0, 0.05) is 32.9 Å². The minimum atomic E-state index is 0.127. The lowest BCUT2D eigenvalue weighted by molar-refractivity contribution is -0.126. The van der Waals surface area contributed by atoms with Gasteiger partial charge in [0.05, 0.1) is 5.92 Å². The summed E-state index contributed by atoms with van der Waals surface area (Å²) in [6.07, 6.45) is 5.11. The molecule has 21 heavy (non-hydrogen) atoms. The van der Waals surface area contributed by atoms with Crippen LogP contribution in [-0.2, 0) is 11.3 Å². The molecule has 1 saturated heterocycles. The van der Waals surface area contributed by atoms with Gasteiger partial charge in [-0.3, -0.25) is 9.69 Å². The Morgan fingerprint density at radius 3 is 3.00 bits per heavy atom. The minimum Gasteiger partial charge on any atom is -0.370 e. The monoisotopic (exact) mass is 290 g/mol. The van der Waals surface area contributed by atoms with Crippen LogP contribution in [0.4, 0.5) is 5.82 Å². The van der Waals surface area contributed by atoms with Crippen molar-refractivity contribution >= 4 is 11.7 Å². The van der Waals surface area contributed by atoms with E-state index in [0.29, 0.717) is 0 Å². The van der Waals surface area contributed by atoms with E-state index >= 15 is 0 Å². The highest BCUT2D eigenvalue weighted by molar-refractivity contribution is 5.78. The van der Waals surface area contributed by atoms with E-state index in [-0.39, 0.29) is 11.8 Å². The molecule has 2 rings (SSSR count). The Kier molecular flexibility index (Phi) is 5.99. The summed E-state index contributed by atoms with van der Waals surface area (Å²) in [6, 6.07) is 4.15. The van der Waals surface area contributed by atoms with Gasteiger partial charge in [-0.2, -0.15) is 0 Å². The van der Waals surface area contributed by atoms with Crippen LogP contribution < -0.4 is 10.6 Å². The Balaban J connectivity index is 1.87. The number of nitrogens with one attached hydrogen (secondary N) is 2. The summed E-state index contributed by atoms with van der Waals surface area (Å²) in [5.74, 6) is 1.22. The first-order valence-corrected chi connectivity index (χ1v) is 7.85. The van der Waals surface area contributed by atoms with Crippen molar-refractivity contribution < 1.29 is 4.79 Å². The normalized spacial score (nSPS) is 19.2. The van der Waals surface area contributed by atoms with E-state index in [9.17, 15) is 4.79 Å². The fraction of sp³-hybridized carbons (Fsp3) is 0.625. The number of rotatable bonds is 6. The van der Waals surface area contributed by atoms with Crippen LogP contribution in [0.1, 0.15) is 31.7 Å². The summed E-state index contributed by atoms with van der Waals surface area (Å²) in [7, 11) is 1.72. The van der Waals surface area contributed by atoms with E-state index in [1.807, 2.05) is 12.3 Å². The Bertz CT molecular complexity index is 446. The molecule has 1 aliphatic heterocycles. The molecule has 0 bridgehead atoms. The number of piperidine rings is 1. The van der Waals surface area contributed by atoms with E-state index < -0.39 is 0 Å². The third-order valence-corrected chi connectivity index (χ3v) is 3.91. The maximum Gasteiger partial charge on any atom is 0.224 e. The number of anilines is 1. The average Bonchev–Trinajstić information content (AvgIpc) is 2.53. The van der Waals surface area contributed by atoms with Gasteiger partial charge < -0.3 is 10.6 Å². The summed E-state index contributed by atoms with van der Waals surface area (Å²) in [6.45, 7) is 5.86. The van der Waals surface area contributed by atoms with Crippen molar-refractivity contribution in [1.82, 2.24) is 15.2 Å². The lowest BCUT2D eigenvalue weighted by Gasteiger charge is -2.31. The van der Waals surface area contributed by atoms with Crippen LogP contribution in [0, 0.1) is 5.92 Å². The summed E-state index contributed by atoms with van der Waals surface area (Å²) < 4.78 is 0. The first-order valence-electron chi connectivity index (χ1n) is 7.85. The van der Waals surface area contributed by atoms with E-state index in [4.69, 9.17) is 0 Å². The quantitative estimate of drug-likeness (QED) is 0.839. The topological polar surface area (TPSA) is 57.3 Å². The van der Waals surface area contributed by atoms with Crippen LogP contribution in [0.3, 0.4) is 0 Å². The van der Waals surface area contributed by atoms with Crippen molar-refractivity contribution in [2.24, 2.45) is 5.92 Å². The molecule has 1 aromatic heterocycles. The van der Waals surface area contributed by atoms with Crippen molar-refractivity contribution in [3.8, 4) is 0 Å². The molecule has 1 unspecified atom stereocenters. The van der Waals surface area contributed by atoms with E-state index in [1.165, 1.54) is 5.56 Å². The highest BCUT2D eigenvalue weighted by Gasteiger charge is 2.24. The molecule has 0 radical (unpaired) electrons. The number of carbonyl (C=O) groups is 1. The van der Waals surface area contributed by atoms with Crippen LogP contribution >= 0.6 is 0 Å². The van der Waals surface area contributed by atoms with Gasteiger partial charge in [0.1, 0.15) is 5.82 Å². The third kappa shape index (κ3) is 4.70. The lowest BCUT2D eigenvalue weighted by atomic mass is 9.97. The molecule has 5 heteroatoms. The third-order valence-electron chi connectivity index (χ3n) is 3.91. The van der Waals surface area contributed by atoms with Crippen LogP contribution in [0.5, 0.6) is 0 Å². The highest BCUT2D eigenvalue weighted by Crippen LogP contribution is 2.18. The molecule has 1 atom stereocenters. The first kappa shape index (κ1) is 15.8. The molecule has 2 heterocycles. The molecule has 0 saturated carbocycles. The molecule has 2 N–H and O–H groups in total. The van der Waals surface area contributed by atoms with Crippen molar-refractivity contribution in [3.05, 3.63) is 23.9 Å². The van der Waals surface area contributed by atoms with Crippen molar-refractivity contribution in [1.29, 1.82) is 0 Å². The Labute approximate surface area is 127 Å². The van der Waals surface area contributed by atoms with Crippen molar-refractivity contribution in [2.75, 3.05) is 32.0 Å². The van der Waals surface area contributed by atoms with Gasteiger partial charge in [0.25, 0.3) is 0 Å². The Morgan fingerprint density at radius 1 is 1.48 bits per heavy atom. The smallest absolute Gasteiger partial charge is 0.224 e. The zero-order valence-electron chi connectivity index (χ0n) is 13.1. The summed E-state index contributed by atoms with van der Waals surface area (Å²) in [4.78, 5) is 18.5. The molecule has 0 aliphatic carbocycles. The van der Waals surface area contributed by atoms with Gasteiger partial charge in [-0.25, -0.2) is 4.98 Å². The number of carbonyl (C=O) groups excluding carboxylic acids is 1. The summed E-state index contributed by atoms with van der Waals surface area (Å²) in [5.41, 5.74) is 1.20. The lowest BCUT2D eigenvalue weighted by Crippen LogP contribution is -2.41. The van der Waals surface area contributed by atoms with Crippen molar-refractivity contribution in [3.63, 3.8) is 0 Å². The molecular weight excluding hydrogens is 264 g/mol. The second-order valence-corrected chi connectivity index (χ2v) is 5.67. The number of likely N-dealkylation sites (tertiary alicyclic amines) is 1. The summed E-state index contributed by atoms with van der Waals surface area (Å²) in [5, 5.41) is 6.04. The highest BCUT2D eigenvalue weighted by atomic mass is 16.1. The molecule has 1 aliphatic rings. The second kappa shape index (κ2) is 7.98. The number of aromatic nitrogens is 1. The average molecular weight is 290 g/mol. The zero-order chi connectivity index (χ0) is 15.1. The maximum atomic E-state index is 11.8. The van der Waals surface area contributed by atoms with E-state index in [0.717, 1.165) is 51.3 Å². The van der Waals surface area contributed by atoms with Crippen LogP contribution in [-0.4, -0.2) is 42.5 Å². The predicted octanol–water partition coefficient (Wildman–Crippen LogP) is 1.86. The first-order chi connectivity index (χ1) is 10.2. The standard InChI is InChI=1S/C16H26N4O/c1-3-8-18-15-7-6-13(10-19-15)11-20-9-4-5-14(12-20)16(21)17-2/h6-7,10,14H,3-5,8-9,11-12H2,1-2H3,(H,17,21)(H,18,19). The second-order valence-electron chi connectivity index (χ2n) is 5.67. The predicted molar refractivity (Wildman–Crippen MR) is 85.1 cm³/mol. The van der Waals surface area contributed by atoms with Gasteiger partial charge in [-0.15, -0.1) is 0 Å². The van der Waals surface area contributed by atoms with Crippen LogP contribution in [0.25, 0.3) is 0 Å².